The highest BCUT2D eigenvalue weighted by molar-refractivity contribution is 6.30. The number of carbonyl (C=O) groups excluding carboxylic acids is 2. The standard InChI is InChI=1S/C19H19ClN2O3/c1-2-11-21-19(24)16-8-3-4-9-17(16)22-18(23)10-12-25-15-7-5-6-14(20)13-15/h2-9,13H,1,10-12H2,(H,21,24)(H,22,23). The van der Waals surface area contributed by atoms with Gasteiger partial charge >= 0.3 is 0 Å². The van der Waals surface area contributed by atoms with Crippen LogP contribution in [0.4, 0.5) is 5.69 Å². The van der Waals surface area contributed by atoms with E-state index in [1.807, 2.05) is 0 Å². The lowest BCUT2D eigenvalue weighted by atomic mass is 10.1. The number of rotatable bonds is 8. The first-order valence-corrected chi connectivity index (χ1v) is 8.14. The van der Waals surface area contributed by atoms with Crippen LogP contribution < -0.4 is 15.4 Å². The molecule has 2 N–H and O–H groups in total. The van der Waals surface area contributed by atoms with Crippen LogP contribution in [0.3, 0.4) is 0 Å². The van der Waals surface area contributed by atoms with Gasteiger partial charge in [0.1, 0.15) is 5.75 Å². The third-order valence-electron chi connectivity index (χ3n) is 3.25. The minimum absolute atomic E-state index is 0.148. The third kappa shape index (κ3) is 5.97. The van der Waals surface area contributed by atoms with Gasteiger partial charge in [0, 0.05) is 11.6 Å². The Morgan fingerprint density at radius 1 is 1.16 bits per heavy atom. The van der Waals surface area contributed by atoms with Gasteiger partial charge in [-0.25, -0.2) is 0 Å². The van der Waals surface area contributed by atoms with E-state index in [1.54, 1.807) is 54.6 Å². The second kappa shape index (κ2) is 9.49. The molecule has 0 saturated carbocycles. The van der Waals surface area contributed by atoms with Gasteiger partial charge in [0.25, 0.3) is 5.91 Å². The normalized spacial score (nSPS) is 9.96. The van der Waals surface area contributed by atoms with Crippen molar-refractivity contribution in [3.05, 3.63) is 71.8 Å². The molecular formula is C19H19ClN2O3. The van der Waals surface area contributed by atoms with Crippen molar-refractivity contribution in [1.29, 1.82) is 0 Å². The quantitative estimate of drug-likeness (QED) is 0.707. The highest BCUT2D eigenvalue weighted by Gasteiger charge is 2.12. The Hall–Kier alpha value is -2.79. The Kier molecular flexibility index (Phi) is 7.04. The molecule has 0 bridgehead atoms. The van der Waals surface area contributed by atoms with Crippen molar-refractivity contribution in [3.8, 4) is 5.75 Å². The molecular weight excluding hydrogens is 340 g/mol. The van der Waals surface area contributed by atoms with E-state index in [0.717, 1.165) is 0 Å². The van der Waals surface area contributed by atoms with Crippen molar-refractivity contribution in [1.82, 2.24) is 5.32 Å². The van der Waals surface area contributed by atoms with Crippen LogP contribution in [0.2, 0.25) is 5.02 Å². The van der Waals surface area contributed by atoms with Gasteiger partial charge in [-0.3, -0.25) is 9.59 Å². The molecule has 0 atom stereocenters. The number of para-hydroxylation sites is 1. The minimum atomic E-state index is -0.272. The fourth-order valence-corrected chi connectivity index (χ4v) is 2.26. The zero-order valence-corrected chi connectivity index (χ0v) is 14.4. The molecule has 0 unspecified atom stereocenters. The van der Waals surface area contributed by atoms with E-state index in [2.05, 4.69) is 17.2 Å². The molecule has 25 heavy (non-hydrogen) atoms. The number of benzene rings is 2. The highest BCUT2D eigenvalue weighted by Crippen LogP contribution is 2.18. The van der Waals surface area contributed by atoms with Crippen LogP contribution in [-0.4, -0.2) is 25.0 Å². The Morgan fingerprint density at radius 3 is 2.72 bits per heavy atom. The summed E-state index contributed by atoms with van der Waals surface area (Å²) in [5.41, 5.74) is 0.852. The van der Waals surface area contributed by atoms with Crippen molar-refractivity contribution in [2.75, 3.05) is 18.5 Å². The van der Waals surface area contributed by atoms with E-state index in [-0.39, 0.29) is 24.8 Å². The minimum Gasteiger partial charge on any atom is -0.493 e. The number of carbonyl (C=O) groups is 2. The molecule has 0 aliphatic rings. The van der Waals surface area contributed by atoms with Crippen LogP contribution in [0.25, 0.3) is 0 Å². The zero-order valence-electron chi connectivity index (χ0n) is 13.6. The lowest BCUT2D eigenvalue weighted by Gasteiger charge is -2.11. The van der Waals surface area contributed by atoms with E-state index in [4.69, 9.17) is 16.3 Å². The number of hydrogen-bond donors (Lipinski definition) is 2. The van der Waals surface area contributed by atoms with E-state index in [0.29, 0.717) is 28.6 Å². The van der Waals surface area contributed by atoms with Gasteiger partial charge in [-0.15, -0.1) is 6.58 Å². The predicted molar refractivity (Wildman–Crippen MR) is 99.2 cm³/mol. The second-order valence-electron chi connectivity index (χ2n) is 5.15. The molecule has 2 rings (SSSR count). The summed E-state index contributed by atoms with van der Waals surface area (Å²) in [5, 5.41) is 5.99. The third-order valence-corrected chi connectivity index (χ3v) is 3.48. The number of nitrogens with one attached hydrogen (secondary N) is 2. The van der Waals surface area contributed by atoms with E-state index < -0.39 is 0 Å². The molecule has 2 aromatic rings. The summed E-state index contributed by atoms with van der Waals surface area (Å²) in [4.78, 5) is 24.2. The van der Waals surface area contributed by atoms with Crippen molar-refractivity contribution in [2.24, 2.45) is 0 Å². The summed E-state index contributed by atoms with van der Waals surface area (Å²) in [5.74, 6) is 0.0847. The molecule has 5 nitrogen and oxygen atoms in total. The monoisotopic (exact) mass is 358 g/mol. The van der Waals surface area contributed by atoms with E-state index in [1.165, 1.54) is 0 Å². The van der Waals surface area contributed by atoms with Crippen LogP contribution in [-0.2, 0) is 4.79 Å². The molecule has 0 aliphatic heterocycles. The molecule has 0 radical (unpaired) electrons. The smallest absolute Gasteiger partial charge is 0.253 e. The van der Waals surface area contributed by atoms with Gasteiger partial charge in [-0.1, -0.05) is 35.9 Å². The number of hydrogen-bond acceptors (Lipinski definition) is 3. The summed E-state index contributed by atoms with van der Waals surface area (Å²) in [6, 6.07) is 13.8. The summed E-state index contributed by atoms with van der Waals surface area (Å²) in [6.07, 6.45) is 1.74. The number of halogens is 1. The van der Waals surface area contributed by atoms with Crippen molar-refractivity contribution < 1.29 is 14.3 Å². The number of amides is 2. The molecule has 6 heteroatoms. The van der Waals surface area contributed by atoms with Gasteiger partial charge in [-0.2, -0.15) is 0 Å². The van der Waals surface area contributed by atoms with Crippen LogP contribution in [0, 0.1) is 0 Å². The summed E-state index contributed by atoms with van der Waals surface area (Å²) in [7, 11) is 0. The fourth-order valence-electron chi connectivity index (χ4n) is 2.08. The Balaban J connectivity index is 1.90. The van der Waals surface area contributed by atoms with Gasteiger partial charge in [0.2, 0.25) is 5.91 Å². The topological polar surface area (TPSA) is 67.4 Å². The highest BCUT2D eigenvalue weighted by atomic mass is 35.5. The van der Waals surface area contributed by atoms with Gasteiger partial charge in [0.15, 0.2) is 0 Å². The molecule has 0 aromatic heterocycles. The SMILES string of the molecule is C=CCNC(=O)c1ccccc1NC(=O)CCOc1cccc(Cl)c1. The summed E-state index contributed by atoms with van der Waals surface area (Å²) >= 11 is 5.87. The zero-order chi connectivity index (χ0) is 18.1. The summed E-state index contributed by atoms with van der Waals surface area (Å²) < 4.78 is 5.49. The number of ether oxygens (including phenoxy) is 1. The lowest BCUT2D eigenvalue weighted by molar-refractivity contribution is -0.116. The first-order valence-electron chi connectivity index (χ1n) is 7.76. The molecule has 130 valence electrons. The average Bonchev–Trinajstić information content (AvgIpc) is 2.60. The fraction of sp³-hybridized carbons (Fsp3) is 0.158. The van der Waals surface area contributed by atoms with Crippen LogP contribution in [0.15, 0.2) is 61.2 Å². The number of anilines is 1. The van der Waals surface area contributed by atoms with Crippen molar-refractivity contribution in [3.63, 3.8) is 0 Å². The van der Waals surface area contributed by atoms with Crippen molar-refractivity contribution >= 4 is 29.1 Å². The first kappa shape index (κ1) is 18.5. The largest absolute Gasteiger partial charge is 0.493 e. The Labute approximate surface area is 151 Å². The molecule has 0 spiro atoms. The van der Waals surface area contributed by atoms with Crippen LogP contribution >= 0.6 is 11.6 Å². The van der Waals surface area contributed by atoms with E-state index >= 15 is 0 Å². The van der Waals surface area contributed by atoms with Crippen molar-refractivity contribution in [2.45, 2.75) is 6.42 Å². The second-order valence-corrected chi connectivity index (χ2v) is 5.58. The average molecular weight is 359 g/mol. The summed E-state index contributed by atoms with van der Waals surface area (Å²) in [6.45, 7) is 4.12. The Bertz CT molecular complexity index is 762. The molecule has 0 saturated heterocycles. The van der Waals surface area contributed by atoms with E-state index in [9.17, 15) is 9.59 Å². The first-order chi connectivity index (χ1) is 12.1. The molecule has 2 aromatic carbocycles. The molecule has 0 fully saturated rings. The van der Waals surface area contributed by atoms with Crippen LogP contribution in [0.1, 0.15) is 16.8 Å². The molecule has 0 aliphatic carbocycles. The maximum absolute atomic E-state index is 12.1. The van der Waals surface area contributed by atoms with Gasteiger partial charge in [-0.05, 0) is 30.3 Å². The van der Waals surface area contributed by atoms with Crippen LogP contribution in [0.5, 0.6) is 5.75 Å². The van der Waals surface area contributed by atoms with Gasteiger partial charge in [0.05, 0.1) is 24.3 Å². The molecule has 2 amide bonds. The molecule has 0 heterocycles. The maximum Gasteiger partial charge on any atom is 0.253 e. The van der Waals surface area contributed by atoms with Gasteiger partial charge < -0.3 is 15.4 Å². The Morgan fingerprint density at radius 2 is 1.96 bits per heavy atom. The lowest BCUT2D eigenvalue weighted by Crippen LogP contribution is -2.25. The predicted octanol–water partition coefficient (Wildman–Crippen LogP) is 3.66. The maximum atomic E-state index is 12.1.